The Labute approximate surface area is 137 Å². The first-order chi connectivity index (χ1) is 11.6. The number of hydrogen-bond donors (Lipinski definition) is 1. The number of hydrogen-bond acceptors (Lipinski definition) is 7. The fourth-order valence-electron chi connectivity index (χ4n) is 2.10. The molecule has 2 N–H and O–H groups in total. The van der Waals surface area contributed by atoms with Crippen molar-refractivity contribution >= 4 is 11.5 Å². The molecular formula is C16H15N5O3. The zero-order chi connectivity index (χ0) is 16.9. The molecule has 0 fully saturated rings. The highest BCUT2D eigenvalue weighted by Gasteiger charge is 2.16. The van der Waals surface area contributed by atoms with E-state index in [1.165, 1.54) is 4.74 Å². The van der Waals surface area contributed by atoms with Crippen molar-refractivity contribution in [3.05, 3.63) is 76.2 Å². The minimum absolute atomic E-state index is 0.132. The Hall–Kier alpha value is -3.42. The Morgan fingerprint density at radius 3 is 2.67 bits per heavy atom. The fraction of sp³-hybridized carbons (Fsp3) is 0.125. The van der Waals surface area contributed by atoms with Crippen molar-refractivity contribution in [2.75, 3.05) is 5.73 Å². The van der Waals surface area contributed by atoms with Crippen LogP contribution in [0.5, 0.6) is 0 Å². The Kier molecular flexibility index (Phi) is 4.37. The summed E-state index contributed by atoms with van der Waals surface area (Å²) in [6.45, 7) is 0.132. The predicted molar refractivity (Wildman–Crippen MR) is 87.3 cm³/mol. The van der Waals surface area contributed by atoms with Gasteiger partial charge in [0.15, 0.2) is 18.1 Å². The number of oxime groups is 1. The van der Waals surface area contributed by atoms with Gasteiger partial charge in [0.1, 0.15) is 5.82 Å². The van der Waals surface area contributed by atoms with Crippen LogP contribution in [0.4, 0.5) is 5.82 Å². The third-order valence-corrected chi connectivity index (χ3v) is 3.17. The number of anilines is 1. The summed E-state index contributed by atoms with van der Waals surface area (Å²) in [6, 6.07) is 14.5. The Balaban J connectivity index is 1.90. The monoisotopic (exact) mass is 325 g/mol. The Bertz CT molecular complexity index is 915. The summed E-state index contributed by atoms with van der Waals surface area (Å²) in [5.41, 5.74) is 7.39. The lowest BCUT2D eigenvalue weighted by molar-refractivity contribution is 0.128. The van der Waals surface area contributed by atoms with E-state index < -0.39 is 5.76 Å². The first kappa shape index (κ1) is 15.5. The van der Waals surface area contributed by atoms with Gasteiger partial charge in [0.2, 0.25) is 0 Å². The van der Waals surface area contributed by atoms with Gasteiger partial charge in [0.25, 0.3) is 0 Å². The van der Waals surface area contributed by atoms with Crippen molar-refractivity contribution in [1.29, 1.82) is 0 Å². The Morgan fingerprint density at radius 2 is 2.00 bits per heavy atom. The molecule has 1 aromatic carbocycles. The summed E-state index contributed by atoms with van der Waals surface area (Å²) in [7, 11) is 1.57. The summed E-state index contributed by atoms with van der Waals surface area (Å²) in [4.78, 5) is 24.7. The van der Waals surface area contributed by atoms with E-state index in [4.69, 9.17) is 15.1 Å². The quantitative estimate of drug-likeness (QED) is 0.560. The molecule has 0 aliphatic heterocycles. The van der Waals surface area contributed by atoms with Gasteiger partial charge in [-0.2, -0.15) is 9.72 Å². The van der Waals surface area contributed by atoms with Crippen LogP contribution in [0.3, 0.4) is 0 Å². The van der Waals surface area contributed by atoms with Crippen molar-refractivity contribution in [2.24, 2.45) is 12.2 Å². The molecule has 122 valence electrons. The molecule has 3 aromatic rings. The molecule has 0 aliphatic carbocycles. The number of nitrogen functional groups attached to an aromatic ring is 1. The van der Waals surface area contributed by atoms with E-state index in [0.29, 0.717) is 17.2 Å². The van der Waals surface area contributed by atoms with Gasteiger partial charge in [-0.25, -0.2) is 9.78 Å². The number of nitrogens with zero attached hydrogens (tertiary/aromatic N) is 4. The molecule has 0 atom stereocenters. The minimum Gasteiger partial charge on any atom is -0.389 e. The summed E-state index contributed by atoms with van der Waals surface area (Å²) in [5.74, 6) is -0.0253. The molecule has 0 saturated heterocycles. The molecule has 2 aromatic heterocycles. The molecule has 0 amide bonds. The molecule has 24 heavy (non-hydrogen) atoms. The fourth-order valence-corrected chi connectivity index (χ4v) is 2.10. The van der Waals surface area contributed by atoms with E-state index in [-0.39, 0.29) is 12.4 Å². The number of nitrogens with two attached hydrogens (primary N) is 1. The standard InChI is InChI=1S/C16H15N5O3/c1-21-15(19-16(22)24-21)14(11-6-3-2-4-7-11)20-23-10-12-8-5-9-13(17)18-12/h2-9H,10H2,1H3,(H2,17,18)/b20-14+. The molecule has 0 bridgehead atoms. The van der Waals surface area contributed by atoms with Gasteiger partial charge in [-0.3, -0.25) is 0 Å². The lowest BCUT2D eigenvalue weighted by atomic mass is 10.1. The van der Waals surface area contributed by atoms with Crippen LogP contribution < -0.4 is 11.5 Å². The maximum atomic E-state index is 11.4. The molecule has 0 aliphatic rings. The van der Waals surface area contributed by atoms with Crippen LogP contribution in [0.15, 0.2) is 63.0 Å². The van der Waals surface area contributed by atoms with Gasteiger partial charge in [-0.05, 0) is 12.1 Å². The van der Waals surface area contributed by atoms with Crippen LogP contribution in [-0.2, 0) is 18.5 Å². The number of aromatic nitrogens is 3. The second-order valence-electron chi connectivity index (χ2n) is 4.92. The lowest BCUT2D eigenvalue weighted by Crippen LogP contribution is -2.12. The topological polar surface area (TPSA) is 109 Å². The summed E-state index contributed by atoms with van der Waals surface area (Å²) in [5, 5.41) is 4.12. The number of aryl methyl sites for hydroxylation is 1. The minimum atomic E-state index is -0.700. The molecule has 8 heteroatoms. The average Bonchev–Trinajstić information content (AvgIpc) is 2.91. The smallest absolute Gasteiger partial charge is 0.389 e. The second-order valence-corrected chi connectivity index (χ2v) is 4.92. The largest absolute Gasteiger partial charge is 0.460 e. The summed E-state index contributed by atoms with van der Waals surface area (Å²) in [6.07, 6.45) is 0. The highest BCUT2D eigenvalue weighted by atomic mass is 16.6. The van der Waals surface area contributed by atoms with Gasteiger partial charge < -0.3 is 15.1 Å². The van der Waals surface area contributed by atoms with Gasteiger partial charge in [0.05, 0.1) is 5.69 Å². The van der Waals surface area contributed by atoms with E-state index in [1.807, 2.05) is 30.3 Å². The molecule has 0 spiro atoms. The zero-order valence-corrected chi connectivity index (χ0v) is 12.9. The summed E-state index contributed by atoms with van der Waals surface area (Å²) < 4.78 is 6.13. The maximum absolute atomic E-state index is 11.4. The highest BCUT2D eigenvalue weighted by Crippen LogP contribution is 2.09. The number of rotatable bonds is 5. The van der Waals surface area contributed by atoms with E-state index >= 15 is 0 Å². The molecule has 0 saturated carbocycles. The van der Waals surface area contributed by atoms with Crippen LogP contribution in [0, 0.1) is 0 Å². The predicted octanol–water partition coefficient (Wildman–Crippen LogP) is 1.32. The van der Waals surface area contributed by atoms with E-state index in [1.54, 1.807) is 25.2 Å². The highest BCUT2D eigenvalue weighted by molar-refractivity contribution is 6.10. The lowest BCUT2D eigenvalue weighted by Gasteiger charge is -2.06. The van der Waals surface area contributed by atoms with Crippen LogP contribution in [0.1, 0.15) is 17.1 Å². The van der Waals surface area contributed by atoms with Crippen molar-refractivity contribution in [3.8, 4) is 0 Å². The molecular weight excluding hydrogens is 310 g/mol. The molecule has 0 radical (unpaired) electrons. The van der Waals surface area contributed by atoms with Gasteiger partial charge >= 0.3 is 5.76 Å². The summed E-state index contributed by atoms with van der Waals surface area (Å²) >= 11 is 0. The Morgan fingerprint density at radius 1 is 1.21 bits per heavy atom. The third-order valence-electron chi connectivity index (χ3n) is 3.17. The maximum Gasteiger partial charge on any atom is 0.460 e. The SMILES string of the molecule is Cn1oc(=O)nc1/C(=N/OCc1cccc(N)n1)c1ccccc1. The van der Waals surface area contributed by atoms with Crippen molar-refractivity contribution in [1.82, 2.24) is 14.7 Å². The molecule has 3 rings (SSSR count). The molecule has 8 nitrogen and oxygen atoms in total. The average molecular weight is 325 g/mol. The van der Waals surface area contributed by atoms with Gasteiger partial charge in [-0.15, -0.1) is 0 Å². The van der Waals surface area contributed by atoms with Gasteiger partial charge in [-0.1, -0.05) is 41.6 Å². The van der Waals surface area contributed by atoms with Crippen molar-refractivity contribution < 1.29 is 9.36 Å². The van der Waals surface area contributed by atoms with Crippen LogP contribution in [0.2, 0.25) is 0 Å². The number of benzene rings is 1. The number of pyridine rings is 1. The van der Waals surface area contributed by atoms with E-state index in [9.17, 15) is 4.79 Å². The van der Waals surface area contributed by atoms with Gasteiger partial charge in [0, 0.05) is 12.6 Å². The third kappa shape index (κ3) is 3.49. The van der Waals surface area contributed by atoms with E-state index in [0.717, 1.165) is 5.56 Å². The molecule has 2 heterocycles. The van der Waals surface area contributed by atoms with Crippen molar-refractivity contribution in [3.63, 3.8) is 0 Å². The first-order valence-electron chi connectivity index (χ1n) is 7.15. The van der Waals surface area contributed by atoms with Crippen LogP contribution in [-0.4, -0.2) is 20.4 Å². The first-order valence-corrected chi connectivity index (χ1v) is 7.15. The normalized spacial score (nSPS) is 11.5. The zero-order valence-electron chi connectivity index (χ0n) is 12.9. The molecule has 0 unspecified atom stereocenters. The van der Waals surface area contributed by atoms with Crippen molar-refractivity contribution in [2.45, 2.75) is 6.61 Å². The van der Waals surface area contributed by atoms with Crippen LogP contribution in [0.25, 0.3) is 0 Å². The van der Waals surface area contributed by atoms with E-state index in [2.05, 4.69) is 15.1 Å². The van der Waals surface area contributed by atoms with Crippen LogP contribution >= 0.6 is 0 Å². The second kappa shape index (κ2) is 6.78.